The van der Waals surface area contributed by atoms with E-state index in [-0.39, 0.29) is 5.88 Å². The third-order valence-electron chi connectivity index (χ3n) is 2.58. The van der Waals surface area contributed by atoms with Crippen LogP contribution in [0.2, 0.25) is 0 Å². The molecule has 0 aliphatic heterocycles. The Morgan fingerprint density at radius 3 is 2.89 bits per heavy atom. The lowest BCUT2D eigenvalue weighted by molar-refractivity contribution is -0.401. The first-order valence-corrected chi connectivity index (χ1v) is 6.17. The highest BCUT2D eigenvalue weighted by molar-refractivity contribution is 7.13. The minimum atomic E-state index is -0.589. The van der Waals surface area contributed by atoms with Gasteiger partial charge in [-0.25, -0.2) is 0 Å². The van der Waals surface area contributed by atoms with E-state index in [0.717, 1.165) is 4.88 Å². The molecule has 7 nitrogen and oxygen atoms in total. The maximum atomic E-state index is 10.6. The molecule has 3 aromatic heterocycles. The second-order valence-corrected chi connectivity index (χ2v) is 4.68. The van der Waals surface area contributed by atoms with Crippen molar-refractivity contribution in [1.82, 2.24) is 10.2 Å². The molecule has 0 aliphatic rings. The normalized spacial score (nSPS) is 10.7. The van der Waals surface area contributed by atoms with Gasteiger partial charge in [-0.3, -0.25) is 15.2 Å². The number of nitrogens with one attached hydrogen (secondary N) is 1. The summed E-state index contributed by atoms with van der Waals surface area (Å²) in [6.07, 6.45) is 0. The van der Waals surface area contributed by atoms with E-state index in [1.54, 1.807) is 0 Å². The van der Waals surface area contributed by atoms with Crippen LogP contribution in [0.25, 0.3) is 21.9 Å². The summed E-state index contributed by atoms with van der Waals surface area (Å²) in [7, 11) is 0. The number of thiophene rings is 1. The first kappa shape index (κ1) is 11.5. The first-order valence-electron chi connectivity index (χ1n) is 5.29. The van der Waals surface area contributed by atoms with Crippen LogP contribution >= 0.6 is 11.3 Å². The number of aromatic amines is 1. The topological polar surface area (TPSA) is 111 Å². The van der Waals surface area contributed by atoms with E-state index < -0.39 is 4.92 Å². The molecule has 8 heteroatoms. The molecular formula is C11H8N4O3S. The fourth-order valence-electron chi connectivity index (χ4n) is 1.76. The van der Waals surface area contributed by atoms with Crippen molar-refractivity contribution >= 4 is 23.0 Å². The SMILES string of the molecule is Nc1n[nH]c(-c2ccc([N+](=O)[O-])o2)c1-c1cccs1. The van der Waals surface area contributed by atoms with Crippen LogP contribution in [0.15, 0.2) is 34.1 Å². The number of anilines is 1. The van der Waals surface area contributed by atoms with Crippen molar-refractivity contribution in [1.29, 1.82) is 0 Å². The number of hydrogen-bond donors (Lipinski definition) is 2. The number of aromatic nitrogens is 2. The Balaban J connectivity index is 2.13. The van der Waals surface area contributed by atoms with Gasteiger partial charge in [0, 0.05) is 4.88 Å². The standard InChI is InChI=1S/C11H8N4O3S/c12-11-9(7-2-1-5-19-7)10(13-14-11)6-3-4-8(18-6)15(16)17/h1-5H,(H3,12,13,14). The number of nitrogen functional groups attached to an aromatic ring is 1. The Bertz CT molecular complexity index is 729. The molecule has 0 bridgehead atoms. The van der Waals surface area contributed by atoms with Crippen LogP contribution in [0, 0.1) is 10.1 Å². The maximum Gasteiger partial charge on any atom is 0.433 e. The van der Waals surface area contributed by atoms with Crippen molar-refractivity contribution in [2.75, 3.05) is 5.73 Å². The predicted molar refractivity (Wildman–Crippen MR) is 70.7 cm³/mol. The molecule has 0 radical (unpaired) electrons. The van der Waals surface area contributed by atoms with Gasteiger partial charge in [-0.15, -0.1) is 11.3 Å². The van der Waals surface area contributed by atoms with Crippen molar-refractivity contribution in [3.05, 3.63) is 39.8 Å². The highest BCUT2D eigenvalue weighted by atomic mass is 32.1. The number of H-pyrrole nitrogens is 1. The van der Waals surface area contributed by atoms with Gasteiger partial charge in [0.25, 0.3) is 0 Å². The van der Waals surface area contributed by atoms with Crippen molar-refractivity contribution < 1.29 is 9.34 Å². The fourth-order valence-corrected chi connectivity index (χ4v) is 2.55. The summed E-state index contributed by atoms with van der Waals surface area (Å²) in [5.41, 5.74) is 7.05. The van der Waals surface area contributed by atoms with Gasteiger partial charge < -0.3 is 10.2 Å². The van der Waals surface area contributed by atoms with Crippen molar-refractivity contribution in [3.8, 4) is 21.9 Å². The Labute approximate surface area is 110 Å². The van der Waals surface area contributed by atoms with Gasteiger partial charge in [0.2, 0.25) is 0 Å². The molecule has 0 fully saturated rings. The minimum Gasteiger partial charge on any atom is -0.399 e. The number of rotatable bonds is 3. The van der Waals surface area contributed by atoms with E-state index in [0.29, 0.717) is 22.8 Å². The number of nitrogens with two attached hydrogens (primary N) is 1. The molecule has 3 rings (SSSR count). The van der Waals surface area contributed by atoms with E-state index in [4.69, 9.17) is 10.2 Å². The molecular weight excluding hydrogens is 268 g/mol. The summed E-state index contributed by atoms with van der Waals surface area (Å²) in [4.78, 5) is 11.0. The number of nitro groups is 1. The zero-order chi connectivity index (χ0) is 13.4. The molecule has 0 atom stereocenters. The highest BCUT2D eigenvalue weighted by Crippen LogP contribution is 2.38. The van der Waals surface area contributed by atoms with E-state index in [2.05, 4.69) is 10.2 Å². The molecule has 96 valence electrons. The van der Waals surface area contributed by atoms with Gasteiger partial charge >= 0.3 is 5.88 Å². The lowest BCUT2D eigenvalue weighted by Gasteiger charge is -1.98. The van der Waals surface area contributed by atoms with E-state index >= 15 is 0 Å². The van der Waals surface area contributed by atoms with E-state index in [1.165, 1.54) is 23.5 Å². The van der Waals surface area contributed by atoms with Crippen molar-refractivity contribution in [3.63, 3.8) is 0 Å². The minimum absolute atomic E-state index is 0.319. The Kier molecular flexibility index (Phi) is 2.57. The molecule has 0 aromatic carbocycles. The number of nitrogens with zero attached hydrogens (tertiary/aromatic N) is 2. The lowest BCUT2D eigenvalue weighted by Crippen LogP contribution is -1.86. The summed E-state index contributed by atoms with van der Waals surface area (Å²) in [6.45, 7) is 0. The second-order valence-electron chi connectivity index (χ2n) is 3.73. The van der Waals surface area contributed by atoms with Gasteiger partial charge in [-0.1, -0.05) is 6.07 Å². The first-order chi connectivity index (χ1) is 9.16. The average Bonchev–Trinajstić information content (AvgIpc) is 3.07. The van der Waals surface area contributed by atoms with Gasteiger partial charge in [-0.2, -0.15) is 5.10 Å². The smallest absolute Gasteiger partial charge is 0.399 e. The summed E-state index contributed by atoms with van der Waals surface area (Å²) in [5.74, 6) is 0.344. The monoisotopic (exact) mass is 276 g/mol. The molecule has 0 amide bonds. The Morgan fingerprint density at radius 1 is 1.42 bits per heavy atom. The molecule has 3 heterocycles. The summed E-state index contributed by atoms with van der Waals surface area (Å²) >= 11 is 1.50. The van der Waals surface area contributed by atoms with Crippen molar-refractivity contribution in [2.24, 2.45) is 0 Å². The van der Waals surface area contributed by atoms with Crippen LogP contribution in [-0.2, 0) is 0 Å². The van der Waals surface area contributed by atoms with Gasteiger partial charge in [-0.05, 0) is 17.5 Å². The maximum absolute atomic E-state index is 10.6. The molecule has 0 spiro atoms. The average molecular weight is 276 g/mol. The van der Waals surface area contributed by atoms with Crippen LogP contribution in [0.5, 0.6) is 0 Å². The van der Waals surface area contributed by atoms with Crippen LogP contribution in [0.4, 0.5) is 11.7 Å². The largest absolute Gasteiger partial charge is 0.433 e. The molecule has 3 N–H and O–H groups in total. The van der Waals surface area contributed by atoms with Gasteiger partial charge in [0.05, 0.1) is 11.6 Å². The van der Waals surface area contributed by atoms with Gasteiger partial charge in [0.15, 0.2) is 11.6 Å². The molecule has 0 saturated carbocycles. The quantitative estimate of drug-likeness (QED) is 0.564. The molecule has 3 aromatic rings. The van der Waals surface area contributed by atoms with Crippen LogP contribution in [-0.4, -0.2) is 15.1 Å². The molecule has 0 unspecified atom stereocenters. The fraction of sp³-hybridized carbons (Fsp3) is 0. The number of hydrogen-bond acceptors (Lipinski definition) is 6. The molecule has 19 heavy (non-hydrogen) atoms. The van der Waals surface area contributed by atoms with E-state index in [1.807, 2.05) is 17.5 Å². The zero-order valence-corrected chi connectivity index (χ0v) is 10.3. The highest BCUT2D eigenvalue weighted by Gasteiger charge is 2.20. The van der Waals surface area contributed by atoms with E-state index in [9.17, 15) is 10.1 Å². The Hall–Kier alpha value is -2.61. The summed E-state index contributed by atoms with van der Waals surface area (Å²) in [6, 6.07) is 6.60. The summed E-state index contributed by atoms with van der Waals surface area (Å²) < 4.78 is 5.16. The predicted octanol–water partition coefficient (Wildman–Crippen LogP) is 2.89. The van der Waals surface area contributed by atoms with Gasteiger partial charge in [0.1, 0.15) is 10.6 Å². The molecule has 0 saturated heterocycles. The third-order valence-corrected chi connectivity index (χ3v) is 3.47. The number of furan rings is 1. The van der Waals surface area contributed by atoms with Crippen molar-refractivity contribution in [2.45, 2.75) is 0 Å². The van der Waals surface area contributed by atoms with Crippen LogP contribution in [0.3, 0.4) is 0 Å². The Morgan fingerprint density at radius 2 is 2.26 bits per heavy atom. The third kappa shape index (κ3) is 1.87. The zero-order valence-electron chi connectivity index (χ0n) is 9.49. The summed E-state index contributed by atoms with van der Waals surface area (Å²) in [5, 5.41) is 19.2. The van der Waals surface area contributed by atoms with Crippen LogP contribution < -0.4 is 5.73 Å². The second kappa shape index (κ2) is 4.25. The van der Waals surface area contributed by atoms with Crippen LogP contribution in [0.1, 0.15) is 0 Å². The molecule has 0 aliphatic carbocycles. The lowest BCUT2D eigenvalue weighted by atomic mass is 10.1.